The Morgan fingerprint density at radius 1 is 1.06 bits per heavy atom. The maximum absolute atomic E-state index is 4.65. The molecule has 1 aromatic carbocycles. The van der Waals surface area contributed by atoms with Gasteiger partial charge in [-0.05, 0) is 32.9 Å². The molecule has 1 heterocycles. The van der Waals surface area contributed by atoms with Crippen LogP contribution in [0.2, 0.25) is 0 Å². The van der Waals surface area contributed by atoms with E-state index in [9.17, 15) is 0 Å². The van der Waals surface area contributed by atoms with Gasteiger partial charge in [-0.3, -0.25) is 0 Å². The minimum absolute atomic E-state index is 0.834. The maximum atomic E-state index is 4.65. The molecule has 0 atom stereocenters. The maximum Gasteiger partial charge on any atom is 0.152 e. The summed E-state index contributed by atoms with van der Waals surface area (Å²) in [6.45, 7) is 6.86. The van der Waals surface area contributed by atoms with Gasteiger partial charge in [0.05, 0.1) is 11.4 Å². The van der Waals surface area contributed by atoms with E-state index in [0.717, 1.165) is 39.5 Å². The van der Waals surface area contributed by atoms with Gasteiger partial charge in [0.1, 0.15) is 5.69 Å². The first-order chi connectivity index (χ1) is 8.61. The summed E-state index contributed by atoms with van der Waals surface area (Å²) in [7, 11) is 0. The molecular weight excluding hydrogens is 290 g/mol. The van der Waals surface area contributed by atoms with Crippen LogP contribution in [0.25, 0.3) is 11.3 Å². The standard InChI is InChI=1S/C14H16BrN3/c1-4-16-14-13(17-9(2)10(3)18-14)11-5-7-12(15)8-6-11/h5-8H,4H2,1-3H3,(H,16,18). The second kappa shape index (κ2) is 5.48. The zero-order valence-corrected chi connectivity index (χ0v) is 12.4. The fraction of sp³-hybridized carbons (Fsp3) is 0.286. The number of anilines is 1. The summed E-state index contributed by atoms with van der Waals surface area (Å²) in [5, 5.41) is 3.27. The van der Waals surface area contributed by atoms with Gasteiger partial charge in [-0.15, -0.1) is 0 Å². The molecule has 1 aromatic heterocycles. The van der Waals surface area contributed by atoms with Crippen molar-refractivity contribution in [3.05, 3.63) is 40.1 Å². The molecule has 0 saturated heterocycles. The van der Waals surface area contributed by atoms with Crippen molar-refractivity contribution in [3.63, 3.8) is 0 Å². The number of nitrogens with one attached hydrogen (secondary N) is 1. The van der Waals surface area contributed by atoms with E-state index in [2.05, 4.69) is 38.1 Å². The zero-order chi connectivity index (χ0) is 13.1. The van der Waals surface area contributed by atoms with Crippen LogP contribution in [0.15, 0.2) is 28.7 Å². The van der Waals surface area contributed by atoms with E-state index in [1.54, 1.807) is 0 Å². The van der Waals surface area contributed by atoms with Crippen LogP contribution < -0.4 is 5.32 Å². The lowest BCUT2D eigenvalue weighted by Gasteiger charge is -2.11. The van der Waals surface area contributed by atoms with Crippen LogP contribution in [0.1, 0.15) is 18.3 Å². The minimum atomic E-state index is 0.834. The average Bonchev–Trinajstić information content (AvgIpc) is 2.35. The van der Waals surface area contributed by atoms with Crippen molar-refractivity contribution < 1.29 is 0 Å². The topological polar surface area (TPSA) is 37.8 Å². The van der Waals surface area contributed by atoms with Crippen LogP contribution in [0.5, 0.6) is 0 Å². The van der Waals surface area contributed by atoms with Gasteiger partial charge >= 0.3 is 0 Å². The summed E-state index contributed by atoms with van der Waals surface area (Å²) in [6, 6.07) is 8.12. The normalized spacial score (nSPS) is 10.4. The van der Waals surface area contributed by atoms with Crippen molar-refractivity contribution in [2.45, 2.75) is 20.8 Å². The lowest BCUT2D eigenvalue weighted by molar-refractivity contribution is 1.03. The Balaban J connectivity index is 2.54. The van der Waals surface area contributed by atoms with Crippen LogP contribution >= 0.6 is 15.9 Å². The van der Waals surface area contributed by atoms with E-state index < -0.39 is 0 Å². The van der Waals surface area contributed by atoms with Crippen molar-refractivity contribution in [1.29, 1.82) is 0 Å². The Morgan fingerprint density at radius 3 is 2.28 bits per heavy atom. The van der Waals surface area contributed by atoms with Gasteiger partial charge in [0, 0.05) is 16.6 Å². The molecule has 0 aliphatic rings. The minimum Gasteiger partial charge on any atom is -0.369 e. The van der Waals surface area contributed by atoms with E-state index in [1.807, 2.05) is 38.1 Å². The molecule has 0 unspecified atom stereocenters. The molecule has 0 fully saturated rings. The summed E-state index contributed by atoms with van der Waals surface area (Å²) in [5.74, 6) is 0.850. The smallest absolute Gasteiger partial charge is 0.152 e. The highest BCUT2D eigenvalue weighted by atomic mass is 79.9. The zero-order valence-electron chi connectivity index (χ0n) is 10.8. The Labute approximate surface area is 116 Å². The van der Waals surface area contributed by atoms with Crippen LogP contribution in [-0.4, -0.2) is 16.5 Å². The van der Waals surface area contributed by atoms with Gasteiger partial charge in [0.15, 0.2) is 5.82 Å². The molecule has 0 spiro atoms. The number of benzene rings is 1. The Hall–Kier alpha value is -1.42. The third kappa shape index (κ3) is 2.70. The second-order valence-electron chi connectivity index (χ2n) is 4.13. The van der Waals surface area contributed by atoms with E-state index in [1.165, 1.54) is 0 Å². The van der Waals surface area contributed by atoms with Crippen molar-refractivity contribution >= 4 is 21.7 Å². The van der Waals surface area contributed by atoms with Crippen molar-refractivity contribution in [1.82, 2.24) is 9.97 Å². The molecule has 94 valence electrons. The fourth-order valence-corrected chi connectivity index (χ4v) is 1.97. The molecular formula is C14H16BrN3. The number of rotatable bonds is 3. The average molecular weight is 306 g/mol. The first kappa shape index (κ1) is 13.0. The predicted molar refractivity (Wildman–Crippen MR) is 78.8 cm³/mol. The lowest BCUT2D eigenvalue weighted by atomic mass is 10.1. The van der Waals surface area contributed by atoms with Gasteiger partial charge in [0.2, 0.25) is 0 Å². The highest BCUT2D eigenvalue weighted by Gasteiger charge is 2.10. The highest BCUT2D eigenvalue weighted by Crippen LogP contribution is 2.26. The van der Waals surface area contributed by atoms with Gasteiger partial charge in [0.25, 0.3) is 0 Å². The quantitative estimate of drug-likeness (QED) is 0.933. The third-order valence-electron chi connectivity index (χ3n) is 2.77. The van der Waals surface area contributed by atoms with E-state index in [4.69, 9.17) is 0 Å². The monoisotopic (exact) mass is 305 g/mol. The molecule has 2 aromatic rings. The molecule has 18 heavy (non-hydrogen) atoms. The number of halogens is 1. The molecule has 0 saturated carbocycles. The summed E-state index contributed by atoms with van der Waals surface area (Å²) >= 11 is 3.44. The second-order valence-corrected chi connectivity index (χ2v) is 5.04. The molecule has 2 rings (SSSR count). The van der Waals surface area contributed by atoms with Crippen molar-refractivity contribution in [2.75, 3.05) is 11.9 Å². The van der Waals surface area contributed by atoms with Gasteiger partial charge in [-0.25, -0.2) is 9.97 Å². The summed E-state index contributed by atoms with van der Waals surface area (Å²) in [5.41, 5.74) is 3.92. The lowest BCUT2D eigenvalue weighted by Crippen LogP contribution is -2.06. The number of nitrogens with zero attached hydrogens (tertiary/aromatic N) is 2. The molecule has 3 nitrogen and oxygen atoms in total. The number of hydrogen-bond donors (Lipinski definition) is 1. The van der Waals surface area contributed by atoms with Gasteiger partial charge in [-0.2, -0.15) is 0 Å². The largest absolute Gasteiger partial charge is 0.369 e. The Morgan fingerprint density at radius 2 is 1.67 bits per heavy atom. The molecule has 1 N–H and O–H groups in total. The van der Waals surface area contributed by atoms with Crippen LogP contribution in [0.4, 0.5) is 5.82 Å². The number of aromatic nitrogens is 2. The summed E-state index contributed by atoms with van der Waals surface area (Å²) in [4.78, 5) is 9.23. The van der Waals surface area contributed by atoms with Gasteiger partial charge < -0.3 is 5.32 Å². The fourth-order valence-electron chi connectivity index (χ4n) is 1.70. The van der Waals surface area contributed by atoms with Crippen LogP contribution in [0.3, 0.4) is 0 Å². The molecule has 0 radical (unpaired) electrons. The summed E-state index contributed by atoms with van der Waals surface area (Å²) < 4.78 is 1.06. The molecule has 0 bridgehead atoms. The Bertz CT molecular complexity index is 550. The first-order valence-electron chi connectivity index (χ1n) is 5.97. The molecule has 4 heteroatoms. The molecule has 0 amide bonds. The summed E-state index contributed by atoms with van der Waals surface area (Å²) in [6.07, 6.45) is 0. The highest BCUT2D eigenvalue weighted by molar-refractivity contribution is 9.10. The van der Waals surface area contributed by atoms with E-state index >= 15 is 0 Å². The number of aryl methyl sites for hydroxylation is 2. The number of hydrogen-bond acceptors (Lipinski definition) is 3. The van der Waals surface area contributed by atoms with E-state index in [-0.39, 0.29) is 0 Å². The first-order valence-corrected chi connectivity index (χ1v) is 6.76. The third-order valence-corrected chi connectivity index (χ3v) is 3.30. The molecule has 0 aliphatic heterocycles. The van der Waals surface area contributed by atoms with E-state index in [0.29, 0.717) is 0 Å². The van der Waals surface area contributed by atoms with Gasteiger partial charge in [-0.1, -0.05) is 28.1 Å². The Kier molecular flexibility index (Phi) is 3.97. The predicted octanol–water partition coefficient (Wildman–Crippen LogP) is 3.95. The molecule has 0 aliphatic carbocycles. The SMILES string of the molecule is CCNc1nc(C)c(C)nc1-c1ccc(Br)cc1. The van der Waals surface area contributed by atoms with Crippen LogP contribution in [-0.2, 0) is 0 Å². The van der Waals surface area contributed by atoms with Crippen molar-refractivity contribution in [2.24, 2.45) is 0 Å². The van der Waals surface area contributed by atoms with Crippen LogP contribution in [0, 0.1) is 13.8 Å². The van der Waals surface area contributed by atoms with Crippen molar-refractivity contribution in [3.8, 4) is 11.3 Å².